The van der Waals surface area contributed by atoms with Gasteiger partial charge in [0.25, 0.3) is 0 Å². The summed E-state index contributed by atoms with van der Waals surface area (Å²) < 4.78 is 0. The Morgan fingerprint density at radius 3 is 2.56 bits per heavy atom. The highest BCUT2D eigenvalue weighted by atomic mass is 15.2. The van der Waals surface area contributed by atoms with Crippen LogP contribution in [0.25, 0.3) is 0 Å². The van der Waals surface area contributed by atoms with Gasteiger partial charge in [-0.1, -0.05) is 13.3 Å². The fourth-order valence-electron chi connectivity index (χ4n) is 3.42. The van der Waals surface area contributed by atoms with Crippen molar-refractivity contribution < 1.29 is 0 Å². The van der Waals surface area contributed by atoms with E-state index in [0.29, 0.717) is 0 Å². The van der Waals surface area contributed by atoms with Gasteiger partial charge < -0.3 is 15.1 Å². The SMILES string of the molecule is CC1CN(C)C(C)CC1NCCN1CCCCC1. The molecule has 0 aromatic heterocycles. The molecule has 1 N–H and O–H groups in total. The maximum Gasteiger partial charge on any atom is 0.0120 e. The van der Waals surface area contributed by atoms with Crippen molar-refractivity contribution in [1.82, 2.24) is 15.1 Å². The Morgan fingerprint density at radius 1 is 1.11 bits per heavy atom. The molecule has 3 heteroatoms. The number of nitrogens with zero attached hydrogens (tertiary/aromatic N) is 2. The highest BCUT2D eigenvalue weighted by molar-refractivity contribution is 4.86. The van der Waals surface area contributed by atoms with E-state index in [4.69, 9.17) is 0 Å². The number of likely N-dealkylation sites (tertiary alicyclic amines) is 2. The molecule has 0 aromatic carbocycles. The summed E-state index contributed by atoms with van der Waals surface area (Å²) in [5, 5.41) is 3.80. The largest absolute Gasteiger partial charge is 0.312 e. The minimum absolute atomic E-state index is 0.723. The van der Waals surface area contributed by atoms with E-state index in [1.807, 2.05) is 0 Å². The van der Waals surface area contributed by atoms with Gasteiger partial charge in [-0.15, -0.1) is 0 Å². The predicted octanol–water partition coefficient (Wildman–Crippen LogP) is 1.79. The molecule has 0 aliphatic carbocycles. The van der Waals surface area contributed by atoms with Crippen LogP contribution in [0.3, 0.4) is 0 Å². The van der Waals surface area contributed by atoms with Gasteiger partial charge in [0.2, 0.25) is 0 Å². The van der Waals surface area contributed by atoms with Crippen molar-refractivity contribution in [1.29, 1.82) is 0 Å². The van der Waals surface area contributed by atoms with E-state index in [2.05, 4.69) is 36.0 Å². The van der Waals surface area contributed by atoms with Gasteiger partial charge in [-0.25, -0.2) is 0 Å². The van der Waals surface area contributed by atoms with Crippen LogP contribution in [-0.2, 0) is 0 Å². The molecule has 2 aliphatic heterocycles. The summed E-state index contributed by atoms with van der Waals surface area (Å²) in [5.74, 6) is 0.785. The summed E-state index contributed by atoms with van der Waals surface area (Å²) in [6, 6.07) is 1.45. The second-order valence-electron chi connectivity index (χ2n) is 6.46. The summed E-state index contributed by atoms with van der Waals surface area (Å²) in [6.07, 6.45) is 5.55. The molecule has 2 aliphatic rings. The van der Waals surface area contributed by atoms with Crippen LogP contribution in [0.15, 0.2) is 0 Å². The van der Waals surface area contributed by atoms with Gasteiger partial charge in [0.15, 0.2) is 0 Å². The molecule has 0 aromatic rings. The average molecular weight is 253 g/mol. The molecule has 3 unspecified atom stereocenters. The second-order valence-corrected chi connectivity index (χ2v) is 6.46. The van der Waals surface area contributed by atoms with Gasteiger partial charge in [-0.2, -0.15) is 0 Å². The highest BCUT2D eigenvalue weighted by Gasteiger charge is 2.28. The molecule has 2 heterocycles. The van der Waals surface area contributed by atoms with Crippen LogP contribution in [0, 0.1) is 5.92 Å². The Bertz CT molecular complexity index is 238. The monoisotopic (exact) mass is 253 g/mol. The molecule has 2 fully saturated rings. The summed E-state index contributed by atoms with van der Waals surface area (Å²) >= 11 is 0. The second kappa shape index (κ2) is 6.88. The molecule has 3 nitrogen and oxygen atoms in total. The Labute approximate surface area is 113 Å². The molecule has 3 atom stereocenters. The first kappa shape index (κ1) is 14.3. The van der Waals surface area contributed by atoms with Crippen molar-refractivity contribution in [2.75, 3.05) is 39.8 Å². The lowest BCUT2D eigenvalue weighted by molar-refractivity contribution is 0.118. The topological polar surface area (TPSA) is 18.5 Å². The van der Waals surface area contributed by atoms with Gasteiger partial charge in [-0.05, 0) is 52.2 Å². The molecule has 0 radical (unpaired) electrons. The van der Waals surface area contributed by atoms with E-state index >= 15 is 0 Å². The molecule has 2 rings (SSSR count). The lowest BCUT2D eigenvalue weighted by atomic mass is 9.90. The van der Waals surface area contributed by atoms with E-state index < -0.39 is 0 Å². The number of rotatable bonds is 4. The van der Waals surface area contributed by atoms with Crippen LogP contribution in [0.4, 0.5) is 0 Å². The molecular formula is C15H31N3. The van der Waals surface area contributed by atoms with Crippen LogP contribution < -0.4 is 5.32 Å². The van der Waals surface area contributed by atoms with E-state index in [9.17, 15) is 0 Å². The third-order valence-corrected chi connectivity index (χ3v) is 4.89. The van der Waals surface area contributed by atoms with Crippen LogP contribution in [-0.4, -0.2) is 61.7 Å². The van der Waals surface area contributed by atoms with E-state index in [1.54, 1.807) is 0 Å². The van der Waals surface area contributed by atoms with Crippen LogP contribution in [0.5, 0.6) is 0 Å². The van der Waals surface area contributed by atoms with E-state index in [1.165, 1.54) is 58.4 Å². The summed E-state index contributed by atoms with van der Waals surface area (Å²) in [5.41, 5.74) is 0. The molecule has 0 spiro atoms. The number of nitrogens with one attached hydrogen (secondary N) is 1. The normalized spacial score (nSPS) is 35.8. The summed E-state index contributed by atoms with van der Waals surface area (Å²) in [6.45, 7) is 11.0. The fraction of sp³-hybridized carbons (Fsp3) is 1.00. The van der Waals surface area contributed by atoms with E-state index in [-0.39, 0.29) is 0 Å². The average Bonchev–Trinajstić information content (AvgIpc) is 2.37. The molecule has 0 bridgehead atoms. The smallest absolute Gasteiger partial charge is 0.0120 e. The molecule has 106 valence electrons. The molecule has 0 saturated carbocycles. The van der Waals surface area contributed by atoms with Crippen molar-refractivity contribution >= 4 is 0 Å². The van der Waals surface area contributed by atoms with Gasteiger partial charge in [0, 0.05) is 31.7 Å². The van der Waals surface area contributed by atoms with Gasteiger partial charge in [0.1, 0.15) is 0 Å². The lowest BCUT2D eigenvalue weighted by Gasteiger charge is -2.40. The Balaban J connectivity index is 1.66. The first-order valence-corrected chi connectivity index (χ1v) is 7.83. The Morgan fingerprint density at radius 2 is 1.83 bits per heavy atom. The van der Waals surface area contributed by atoms with Crippen molar-refractivity contribution in [3.05, 3.63) is 0 Å². The number of piperidine rings is 2. The minimum Gasteiger partial charge on any atom is -0.312 e. The maximum absolute atomic E-state index is 3.80. The molecular weight excluding hydrogens is 222 g/mol. The third-order valence-electron chi connectivity index (χ3n) is 4.89. The summed E-state index contributed by atoms with van der Waals surface area (Å²) in [7, 11) is 2.26. The van der Waals surface area contributed by atoms with Crippen molar-refractivity contribution in [2.24, 2.45) is 5.92 Å². The van der Waals surface area contributed by atoms with Gasteiger partial charge in [-0.3, -0.25) is 0 Å². The molecule has 0 amide bonds. The standard InChI is InChI=1S/C15H31N3/c1-13-12-17(3)14(2)11-15(13)16-7-10-18-8-5-4-6-9-18/h13-16H,4-12H2,1-3H3. The first-order chi connectivity index (χ1) is 8.66. The lowest BCUT2D eigenvalue weighted by Crippen LogP contribution is -2.52. The van der Waals surface area contributed by atoms with Gasteiger partial charge in [0.05, 0.1) is 0 Å². The molecule has 18 heavy (non-hydrogen) atoms. The zero-order valence-electron chi connectivity index (χ0n) is 12.5. The fourth-order valence-corrected chi connectivity index (χ4v) is 3.42. The van der Waals surface area contributed by atoms with Gasteiger partial charge >= 0.3 is 0 Å². The van der Waals surface area contributed by atoms with Crippen molar-refractivity contribution in [3.8, 4) is 0 Å². The van der Waals surface area contributed by atoms with Crippen LogP contribution in [0.1, 0.15) is 39.5 Å². The summed E-state index contributed by atoms with van der Waals surface area (Å²) in [4.78, 5) is 5.12. The quantitative estimate of drug-likeness (QED) is 0.824. The first-order valence-electron chi connectivity index (χ1n) is 7.83. The third kappa shape index (κ3) is 3.94. The predicted molar refractivity (Wildman–Crippen MR) is 78.0 cm³/mol. The van der Waals surface area contributed by atoms with E-state index in [0.717, 1.165) is 18.0 Å². The minimum atomic E-state index is 0.723. The highest BCUT2D eigenvalue weighted by Crippen LogP contribution is 2.20. The van der Waals surface area contributed by atoms with Crippen LogP contribution >= 0.6 is 0 Å². The van der Waals surface area contributed by atoms with Crippen molar-refractivity contribution in [2.45, 2.75) is 51.6 Å². The Kier molecular flexibility index (Phi) is 5.46. The maximum atomic E-state index is 3.80. The Hall–Kier alpha value is -0.120. The van der Waals surface area contributed by atoms with Crippen molar-refractivity contribution in [3.63, 3.8) is 0 Å². The zero-order chi connectivity index (χ0) is 13.0. The zero-order valence-corrected chi connectivity index (χ0v) is 12.5. The van der Waals surface area contributed by atoms with Crippen LogP contribution in [0.2, 0.25) is 0 Å². The number of hydrogen-bond donors (Lipinski definition) is 1. The number of hydrogen-bond acceptors (Lipinski definition) is 3. The molecule has 2 saturated heterocycles.